The monoisotopic (exact) mass is 285 g/mol. The number of amides is 1. The van der Waals surface area contributed by atoms with Crippen LogP contribution in [-0.2, 0) is 6.54 Å². The molecular formula is C17H19NO3. The number of benzene rings is 2. The lowest BCUT2D eigenvalue weighted by Crippen LogP contribution is -2.23. The van der Waals surface area contributed by atoms with E-state index in [1.165, 1.54) is 0 Å². The highest BCUT2D eigenvalue weighted by molar-refractivity contribution is 5.97. The summed E-state index contributed by atoms with van der Waals surface area (Å²) in [5, 5.41) is 2.91. The van der Waals surface area contributed by atoms with Crippen molar-refractivity contribution in [2.75, 3.05) is 14.2 Å². The van der Waals surface area contributed by atoms with Crippen LogP contribution in [0.1, 0.15) is 21.5 Å². The number of hydrogen-bond acceptors (Lipinski definition) is 3. The third-order valence-electron chi connectivity index (χ3n) is 3.35. The standard InChI is InChI=1S/C17H19NO3/c1-12-6-4-5-7-13(12)11-18-17(19)15-10-14(20-2)8-9-16(15)21-3/h4-10H,11H2,1-3H3,(H,18,19). The predicted molar refractivity (Wildman–Crippen MR) is 81.9 cm³/mol. The zero-order chi connectivity index (χ0) is 15.2. The Morgan fingerprint density at radius 2 is 1.86 bits per heavy atom. The second-order valence-electron chi connectivity index (χ2n) is 4.68. The van der Waals surface area contributed by atoms with Crippen molar-refractivity contribution in [3.8, 4) is 11.5 Å². The van der Waals surface area contributed by atoms with Gasteiger partial charge >= 0.3 is 0 Å². The lowest BCUT2D eigenvalue weighted by Gasteiger charge is -2.12. The van der Waals surface area contributed by atoms with E-state index in [1.807, 2.05) is 31.2 Å². The zero-order valence-corrected chi connectivity index (χ0v) is 12.5. The molecule has 0 fully saturated rings. The minimum absolute atomic E-state index is 0.186. The van der Waals surface area contributed by atoms with Gasteiger partial charge in [-0.15, -0.1) is 0 Å². The average Bonchev–Trinajstić information content (AvgIpc) is 2.53. The quantitative estimate of drug-likeness (QED) is 0.918. The number of aryl methyl sites for hydroxylation is 1. The van der Waals surface area contributed by atoms with Crippen molar-refractivity contribution in [3.05, 3.63) is 59.2 Å². The fourth-order valence-electron chi connectivity index (χ4n) is 2.07. The van der Waals surface area contributed by atoms with E-state index in [0.717, 1.165) is 11.1 Å². The van der Waals surface area contributed by atoms with Gasteiger partial charge in [-0.3, -0.25) is 4.79 Å². The smallest absolute Gasteiger partial charge is 0.255 e. The normalized spacial score (nSPS) is 10.0. The van der Waals surface area contributed by atoms with E-state index in [9.17, 15) is 4.79 Å². The Hall–Kier alpha value is -2.49. The van der Waals surface area contributed by atoms with Gasteiger partial charge in [-0.05, 0) is 36.2 Å². The van der Waals surface area contributed by atoms with E-state index in [-0.39, 0.29) is 5.91 Å². The first-order valence-electron chi connectivity index (χ1n) is 6.70. The summed E-state index contributed by atoms with van der Waals surface area (Å²) in [5.41, 5.74) is 2.70. The number of rotatable bonds is 5. The van der Waals surface area contributed by atoms with Gasteiger partial charge in [0.25, 0.3) is 5.91 Å². The van der Waals surface area contributed by atoms with Crippen molar-refractivity contribution >= 4 is 5.91 Å². The zero-order valence-electron chi connectivity index (χ0n) is 12.5. The molecule has 0 spiro atoms. The molecule has 2 rings (SSSR count). The number of methoxy groups -OCH3 is 2. The van der Waals surface area contributed by atoms with Crippen molar-refractivity contribution in [3.63, 3.8) is 0 Å². The first-order valence-corrected chi connectivity index (χ1v) is 6.70. The first kappa shape index (κ1) is 14.9. The maximum absolute atomic E-state index is 12.3. The van der Waals surface area contributed by atoms with Gasteiger partial charge in [0.05, 0.1) is 19.8 Å². The minimum atomic E-state index is -0.186. The molecule has 0 aromatic heterocycles. The summed E-state index contributed by atoms with van der Waals surface area (Å²) in [6.07, 6.45) is 0. The van der Waals surface area contributed by atoms with E-state index in [1.54, 1.807) is 32.4 Å². The van der Waals surface area contributed by atoms with Gasteiger partial charge in [0.1, 0.15) is 11.5 Å². The highest BCUT2D eigenvalue weighted by Gasteiger charge is 2.13. The molecule has 2 aromatic rings. The lowest BCUT2D eigenvalue weighted by molar-refractivity contribution is 0.0947. The molecule has 0 radical (unpaired) electrons. The molecule has 1 amide bonds. The number of carbonyl (C=O) groups is 1. The molecule has 4 nitrogen and oxygen atoms in total. The van der Waals surface area contributed by atoms with Crippen molar-refractivity contribution in [1.82, 2.24) is 5.32 Å². The van der Waals surface area contributed by atoms with Crippen molar-refractivity contribution in [2.24, 2.45) is 0 Å². The van der Waals surface area contributed by atoms with Crippen LogP contribution in [-0.4, -0.2) is 20.1 Å². The SMILES string of the molecule is COc1ccc(OC)c(C(=O)NCc2ccccc2C)c1. The van der Waals surface area contributed by atoms with E-state index >= 15 is 0 Å². The lowest BCUT2D eigenvalue weighted by atomic mass is 10.1. The number of carbonyl (C=O) groups excluding carboxylic acids is 1. The van der Waals surface area contributed by atoms with E-state index in [0.29, 0.717) is 23.6 Å². The van der Waals surface area contributed by atoms with Gasteiger partial charge in [0, 0.05) is 6.54 Å². The molecule has 0 unspecified atom stereocenters. The summed E-state index contributed by atoms with van der Waals surface area (Å²) in [5.74, 6) is 0.962. The highest BCUT2D eigenvalue weighted by atomic mass is 16.5. The fraction of sp³-hybridized carbons (Fsp3) is 0.235. The molecule has 1 N–H and O–H groups in total. The Labute approximate surface area is 124 Å². The highest BCUT2D eigenvalue weighted by Crippen LogP contribution is 2.23. The topological polar surface area (TPSA) is 47.6 Å². The molecule has 21 heavy (non-hydrogen) atoms. The summed E-state index contributed by atoms with van der Waals surface area (Å²) in [6.45, 7) is 2.50. The number of ether oxygens (including phenoxy) is 2. The van der Waals surface area contributed by atoms with Crippen LogP contribution in [0.5, 0.6) is 11.5 Å². The second kappa shape index (κ2) is 6.79. The molecule has 2 aromatic carbocycles. The van der Waals surface area contributed by atoms with Gasteiger partial charge in [-0.2, -0.15) is 0 Å². The number of nitrogens with one attached hydrogen (secondary N) is 1. The fourth-order valence-corrected chi connectivity index (χ4v) is 2.07. The maximum atomic E-state index is 12.3. The molecule has 0 aliphatic rings. The van der Waals surface area contributed by atoms with Crippen molar-refractivity contribution in [2.45, 2.75) is 13.5 Å². The first-order chi connectivity index (χ1) is 10.2. The van der Waals surface area contributed by atoms with Crippen LogP contribution in [0.3, 0.4) is 0 Å². The van der Waals surface area contributed by atoms with Gasteiger partial charge in [-0.25, -0.2) is 0 Å². The Balaban J connectivity index is 2.15. The van der Waals surface area contributed by atoms with Gasteiger partial charge in [-0.1, -0.05) is 24.3 Å². The summed E-state index contributed by atoms with van der Waals surface area (Å²) in [6, 6.07) is 13.1. The molecule has 0 saturated carbocycles. The third-order valence-corrected chi connectivity index (χ3v) is 3.35. The largest absolute Gasteiger partial charge is 0.497 e. The van der Waals surface area contributed by atoms with E-state index < -0.39 is 0 Å². The van der Waals surface area contributed by atoms with Crippen molar-refractivity contribution in [1.29, 1.82) is 0 Å². The average molecular weight is 285 g/mol. The Kier molecular flexibility index (Phi) is 4.82. The van der Waals surface area contributed by atoms with Crippen LogP contribution in [0, 0.1) is 6.92 Å². The Bertz CT molecular complexity index is 638. The van der Waals surface area contributed by atoms with Crippen LogP contribution < -0.4 is 14.8 Å². The molecule has 0 heterocycles. The summed E-state index contributed by atoms with van der Waals surface area (Å²) < 4.78 is 10.4. The maximum Gasteiger partial charge on any atom is 0.255 e. The second-order valence-corrected chi connectivity index (χ2v) is 4.68. The van der Waals surface area contributed by atoms with Gasteiger partial charge in [0.15, 0.2) is 0 Å². The van der Waals surface area contributed by atoms with Gasteiger partial charge < -0.3 is 14.8 Å². The molecule has 0 atom stereocenters. The minimum Gasteiger partial charge on any atom is -0.497 e. The van der Waals surface area contributed by atoms with Crippen LogP contribution in [0.15, 0.2) is 42.5 Å². The number of hydrogen-bond donors (Lipinski definition) is 1. The van der Waals surface area contributed by atoms with Gasteiger partial charge in [0.2, 0.25) is 0 Å². The summed E-state index contributed by atoms with van der Waals surface area (Å²) in [4.78, 5) is 12.3. The van der Waals surface area contributed by atoms with Crippen LogP contribution >= 0.6 is 0 Å². The molecule has 0 saturated heterocycles. The Morgan fingerprint density at radius 3 is 2.52 bits per heavy atom. The van der Waals surface area contributed by atoms with Crippen LogP contribution in [0.2, 0.25) is 0 Å². The summed E-state index contributed by atoms with van der Waals surface area (Å²) >= 11 is 0. The third kappa shape index (κ3) is 3.54. The van der Waals surface area contributed by atoms with Crippen LogP contribution in [0.4, 0.5) is 0 Å². The van der Waals surface area contributed by atoms with E-state index in [4.69, 9.17) is 9.47 Å². The van der Waals surface area contributed by atoms with E-state index in [2.05, 4.69) is 5.32 Å². The molecule has 4 heteroatoms. The molecule has 110 valence electrons. The van der Waals surface area contributed by atoms with Crippen molar-refractivity contribution < 1.29 is 14.3 Å². The molecule has 0 aliphatic heterocycles. The van der Waals surface area contributed by atoms with Crippen LogP contribution in [0.25, 0.3) is 0 Å². The predicted octanol–water partition coefficient (Wildman–Crippen LogP) is 2.94. The molecule has 0 aliphatic carbocycles. The molecule has 0 bridgehead atoms. The Morgan fingerprint density at radius 1 is 1.10 bits per heavy atom. The summed E-state index contributed by atoms with van der Waals surface area (Å²) in [7, 11) is 3.11. The molecular weight excluding hydrogens is 266 g/mol.